The van der Waals surface area contributed by atoms with Crippen LogP contribution < -0.4 is 0 Å². The van der Waals surface area contributed by atoms with Gasteiger partial charge in [0.15, 0.2) is 6.17 Å². The van der Waals surface area contributed by atoms with Crippen molar-refractivity contribution in [3.05, 3.63) is 23.4 Å². The molecule has 1 spiro atoms. The third-order valence-corrected chi connectivity index (χ3v) is 2.92. The van der Waals surface area contributed by atoms with Gasteiger partial charge in [0.1, 0.15) is 0 Å². The predicted octanol–water partition coefficient (Wildman–Crippen LogP) is 0.881. The topological polar surface area (TPSA) is 51.6 Å². The molecule has 1 aliphatic carbocycles. The second-order valence-corrected chi connectivity index (χ2v) is 3.70. The number of alkyl halides is 1. The minimum Gasteiger partial charge on any atom is -0.493 e. The predicted molar refractivity (Wildman–Crippen MR) is 48.1 cm³/mol. The maximum Gasteiger partial charge on any atom is 0.228 e. The van der Waals surface area contributed by atoms with Gasteiger partial charge < -0.3 is 14.6 Å². The van der Waals surface area contributed by atoms with Crippen LogP contribution in [-0.2, 0) is 21.7 Å². The van der Waals surface area contributed by atoms with E-state index in [2.05, 4.69) is 4.98 Å². The van der Waals surface area contributed by atoms with Gasteiger partial charge in [0.2, 0.25) is 11.7 Å². The average Bonchev–Trinajstić information content (AvgIpc) is 2.79. The Bertz CT molecular complexity index is 404. The maximum absolute atomic E-state index is 13.9. The van der Waals surface area contributed by atoms with E-state index in [1.807, 2.05) is 0 Å². The minimum absolute atomic E-state index is 0.0923. The van der Waals surface area contributed by atoms with E-state index in [-0.39, 0.29) is 12.3 Å². The Morgan fingerprint density at radius 2 is 2.20 bits per heavy atom. The molecule has 0 bridgehead atoms. The van der Waals surface area contributed by atoms with E-state index in [1.54, 1.807) is 6.07 Å². The lowest BCUT2D eigenvalue weighted by Gasteiger charge is -2.25. The fraction of sp³-hybridized carbons (Fsp3) is 0.500. The molecule has 1 aliphatic heterocycles. The lowest BCUT2D eigenvalue weighted by Crippen LogP contribution is -2.34. The Morgan fingerprint density at radius 1 is 1.47 bits per heavy atom. The van der Waals surface area contributed by atoms with E-state index in [9.17, 15) is 9.50 Å². The molecule has 1 atom stereocenters. The highest BCUT2D eigenvalue weighted by atomic mass is 19.1. The van der Waals surface area contributed by atoms with Crippen LogP contribution in [0.5, 0.6) is 5.88 Å². The molecule has 5 heteroatoms. The summed E-state index contributed by atoms with van der Waals surface area (Å²) in [5.41, 5.74) is 1.06. The molecule has 2 aliphatic rings. The number of aromatic nitrogens is 1. The van der Waals surface area contributed by atoms with Gasteiger partial charge in [0.25, 0.3) is 0 Å². The molecule has 3 rings (SSSR count). The monoisotopic (exact) mass is 211 g/mol. The number of fused-ring (bicyclic) bond motifs is 2. The van der Waals surface area contributed by atoms with Gasteiger partial charge in [-0.2, -0.15) is 0 Å². The van der Waals surface area contributed by atoms with Gasteiger partial charge in [0, 0.05) is 23.7 Å². The summed E-state index contributed by atoms with van der Waals surface area (Å²) in [5, 5.41) is 9.50. The van der Waals surface area contributed by atoms with Crippen LogP contribution in [0.3, 0.4) is 0 Å². The van der Waals surface area contributed by atoms with Crippen molar-refractivity contribution in [2.45, 2.75) is 18.4 Å². The lowest BCUT2D eigenvalue weighted by atomic mass is 10.1. The average molecular weight is 211 g/mol. The van der Waals surface area contributed by atoms with Crippen LogP contribution in [0, 0.1) is 0 Å². The van der Waals surface area contributed by atoms with Gasteiger partial charge in [-0.25, -0.2) is 9.37 Å². The van der Waals surface area contributed by atoms with Crippen LogP contribution >= 0.6 is 0 Å². The molecular formula is C10H10FNO3. The minimum atomic E-state index is -1.30. The molecule has 0 amide bonds. The Labute approximate surface area is 85.7 Å². The highest BCUT2D eigenvalue weighted by Gasteiger charge is 2.53. The van der Waals surface area contributed by atoms with Gasteiger partial charge in [-0.15, -0.1) is 0 Å². The highest BCUT2D eigenvalue weighted by Crippen LogP contribution is 2.46. The zero-order chi connectivity index (χ0) is 10.5. The SMILES string of the molecule is Oc1nccc2c1CC(F)C21OCCO1. The first-order chi connectivity index (χ1) is 7.24. The van der Waals surface area contributed by atoms with Crippen molar-refractivity contribution in [2.75, 3.05) is 13.2 Å². The highest BCUT2D eigenvalue weighted by molar-refractivity contribution is 5.43. The second-order valence-electron chi connectivity index (χ2n) is 3.70. The van der Waals surface area contributed by atoms with Crippen LogP contribution in [0.25, 0.3) is 0 Å². The number of pyridine rings is 1. The number of halogens is 1. The molecule has 1 aromatic rings. The van der Waals surface area contributed by atoms with Crippen LogP contribution in [-0.4, -0.2) is 29.5 Å². The quantitative estimate of drug-likeness (QED) is 0.692. The van der Waals surface area contributed by atoms with E-state index in [4.69, 9.17) is 9.47 Å². The smallest absolute Gasteiger partial charge is 0.228 e. The number of rotatable bonds is 0. The van der Waals surface area contributed by atoms with Crippen molar-refractivity contribution in [1.29, 1.82) is 0 Å². The van der Waals surface area contributed by atoms with Gasteiger partial charge in [-0.05, 0) is 6.07 Å². The van der Waals surface area contributed by atoms with E-state index < -0.39 is 12.0 Å². The zero-order valence-corrected chi connectivity index (χ0v) is 7.94. The summed E-state index contributed by atoms with van der Waals surface area (Å²) >= 11 is 0. The molecule has 1 saturated heterocycles. The molecule has 4 nitrogen and oxygen atoms in total. The first kappa shape index (κ1) is 9.06. The zero-order valence-electron chi connectivity index (χ0n) is 7.94. The number of hydrogen-bond acceptors (Lipinski definition) is 4. The van der Waals surface area contributed by atoms with E-state index >= 15 is 0 Å². The second kappa shape index (κ2) is 2.90. The summed E-state index contributed by atoms with van der Waals surface area (Å²) in [6.07, 6.45) is 0.249. The third kappa shape index (κ3) is 1.04. The van der Waals surface area contributed by atoms with Crippen molar-refractivity contribution >= 4 is 0 Å². The molecular weight excluding hydrogens is 201 g/mol. The van der Waals surface area contributed by atoms with Crippen LogP contribution in [0.15, 0.2) is 12.3 Å². The largest absolute Gasteiger partial charge is 0.493 e. The summed E-state index contributed by atoms with van der Waals surface area (Å²) in [6.45, 7) is 0.756. The molecule has 80 valence electrons. The fourth-order valence-electron chi connectivity index (χ4n) is 2.26. The summed E-state index contributed by atoms with van der Waals surface area (Å²) < 4.78 is 24.6. The maximum atomic E-state index is 13.9. The Morgan fingerprint density at radius 3 is 2.93 bits per heavy atom. The standard InChI is InChI=1S/C10H10FNO3/c11-8-5-6-7(1-2-12-9(6)13)10(8)14-3-4-15-10/h1-2,8H,3-5H2,(H,12,13). The molecule has 0 aromatic carbocycles. The van der Waals surface area contributed by atoms with E-state index in [0.29, 0.717) is 24.3 Å². The van der Waals surface area contributed by atoms with Crippen LogP contribution in [0.2, 0.25) is 0 Å². The van der Waals surface area contributed by atoms with Gasteiger partial charge in [0.05, 0.1) is 13.2 Å². The number of aromatic hydroxyl groups is 1. The van der Waals surface area contributed by atoms with Gasteiger partial charge >= 0.3 is 0 Å². The molecule has 15 heavy (non-hydrogen) atoms. The Hall–Kier alpha value is -1.20. The summed E-state index contributed by atoms with van der Waals surface area (Å²) in [7, 11) is 0. The molecule has 0 radical (unpaired) electrons. The fourth-order valence-corrected chi connectivity index (χ4v) is 2.26. The Balaban J connectivity index is 2.17. The van der Waals surface area contributed by atoms with Crippen LogP contribution in [0.1, 0.15) is 11.1 Å². The number of hydrogen-bond donors (Lipinski definition) is 1. The first-order valence-corrected chi connectivity index (χ1v) is 4.83. The number of ether oxygens (including phenoxy) is 2. The molecule has 1 fully saturated rings. The van der Waals surface area contributed by atoms with E-state index in [1.165, 1.54) is 6.20 Å². The summed E-state index contributed by atoms with van der Waals surface area (Å²) in [5.74, 6) is -1.43. The number of nitrogens with zero attached hydrogens (tertiary/aromatic N) is 1. The first-order valence-electron chi connectivity index (χ1n) is 4.83. The van der Waals surface area contributed by atoms with Crippen molar-refractivity contribution in [1.82, 2.24) is 4.98 Å². The third-order valence-electron chi connectivity index (χ3n) is 2.92. The van der Waals surface area contributed by atoms with Crippen molar-refractivity contribution < 1.29 is 19.0 Å². The molecule has 0 saturated carbocycles. The molecule has 2 heterocycles. The molecule has 1 aromatic heterocycles. The molecule has 1 N–H and O–H groups in total. The lowest BCUT2D eigenvalue weighted by molar-refractivity contribution is -0.200. The van der Waals surface area contributed by atoms with E-state index in [0.717, 1.165) is 0 Å². The van der Waals surface area contributed by atoms with Crippen molar-refractivity contribution in [3.8, 4) is 5.88 Å². The van der Waals surface area contributed by atoms with Crippen LogP contribution in [0.4, 0.5) is 4.39 Å². The summed E-state index contributed by atoms with van der Waals surface area (Å²) in [4.78, 5) is 3.72. The molecule has 1 unspecified atom stereocenters. The summed E-state index contributed by atoms with van der Waals surface area (Å²) in [6, 6.07) is 1.64. The normalized spacial score (nSPS) is 27.1. The van der Waals surface area contributed by atoms with Crippen molar-refractivity contribution in [2.24, 2.45) is 0 Å². The van der Waals surface area contributed by atoms with Gasteiger partial charge in [-0.3, -0.25) is 0 Å². The Kier molecular flexibility index (Phi) is 1.75. The van der Waals surface area contributed by atoms with Gasteiger partial charge in [-0.1, -0.05) is 0 Å². The van der Waals surface area contributed by atoms with Crippen molar-refractivity contribution in [3.63, 3.8) is 0 Å².